The molecule has 1 saturated carbocycles. The van der Waals surface area contributed by atoms with Crippen molar-refractivity contribution >= 4 is 34.4 Å². The van der Waals surface area contributed by atoms with Crippen LogP contribution in [0.25, 0.3) is 0 Å². The van der Waals surface area contributed by atoms with E-state index in [2.05, 4.69) is 5.32 Å². The van der Waals surface area contributed by atoms with Crippen LogP contribution < -0.4 is 14.8 Å². The van der Waals surface area contributed by atoms with Crippen molar-refractivity contribution in [1.82, 2.24) is 10.2 Å². The van der Waals surface area contributed by atoms with Crippen LogP contribution in [0.2, 0.25) is 0 Å². The molecule has 0 aliphatic heterocycles. The van der Waals surface area contributed by atoms with Crippen LogP contribution in [-0.2, 0) is 17.6 Å². The van der Waals surface area contributed by atoms with E-state index in [4.69, 9.17) is 9.47 Å². The second-order valence-corrected chi connectivity index (χ2v) is 12.0. The first-order valence-electron chi connectivity index (χ1n) is 14.4. The average molecular weight is 733 g/mol. The maximum Gasteiger partial charge on any atom is 0.416 e. The van der Waals surface area contributed by atoms with Crippen LogP contribution in [0.5, 0.6) is 11.5 Å². The lowest BCUT2D eigenvalue weighted by Gasteiger charge is -2.45. The van der Waals surface area contributed by atoms with Crippen LogP contribution >= 0.6 is 22.6 Å². The Morgan fingerprint density at radius 2 is 1.77 bits per heavy atom. The Kier molecular flexibility index (Phi) is 11.5. The van der Waals surface area contributed by atoms with Crippen LogP contribution in [0, 0.1) is 3.57 Å². The Morgan fingerprint density at radius 1 is 1.09 bits per heavy atom. The zero-order valence-corrected chi connectivity index (χ0v) is 26.3. The fourth-order valence-corrected chi connectivity index (χ4v) is 6.55. The number of benzene rings is 2. The standard InChI is InChI=1S/C31H36F3IN2O7/c1-43-26-14-18(17-39)13-23(35)28(26)44-25-16-20(29(41)36-11-12-38)15-24(27(25)40)37(22-5-3-2-4-6-22)30(42)19-7-9-21(10-8-19)31(32,33)34/h7-10,13-14,16,22,24-25,27,38-40H,2-6,11-12,15,17H2,1H3,(H,36,41)/t24-,25+,27+/m1/s1. The molecule has 0 heterocycles. The number of alkyl halides is 3. The normalized spacial score (nSPS) is 20.9. The van der Waals surface area contributed by atoms with Gasteiger partial charge in [-0.25, -0.2) is 0 Å². The highest BCUT2D eigenvalue weighted by molar-refractivity contribution is 14.1. The lowest BCUT2D eigenvalue weighted by Crippen LogP contribution is -2.58. The summed E-state index contributed by atoms with van der Waals surface area (Å²) < 4.78 is 52.1. The predicted molar refractivity (Wildman–Crippen MR) is 163 cm³/mol. The van der Waals surface area contributed by atoms with Crippen LogP contribution in [0.1, 0.15) is 60.0 Å². The van der Waals surface area contributed by atoms with Crippen LogP contribution in [0.4, 0.5) is 13.2 Å². The van der Waals surface area contributed by atoms with Crippen molar-refractivity contribution in [3.05, 3.63) is 68.3 Å². The number of nitrogens with one attached hydrogen (secondary N) is 1. The molecular formula is C31H36F3IN2O7. The third-order valence-electron chi connectivity index (χ3n) is 7.96. The SMILES string of the molecule is COc1cc(CO)cc(I)c1O[C@H]1C=C(C(=O)NCCO)C[C@@H](N(C(=O)c2ccc(C(F)(F)F)cc2)C2CCCCC2)[C@@H]1O. The first kappa shape index (κ1) is 34.0. The molecule has 13 heteroatoms. The van der Waals surface area contributed by atoms with E-state index in [1.165, 1.54) is 18.1 Å². The molecule has 0 spiro atoms. The first-order chi connectivity index (χ1) is 21.0. The van der Waals surface area contributed by atoms with Gasteiger partial charge in [-0.15, -0.1) is 0 Å². The first-order valence-corrected chi connectivity index (χ1v) is 15.5. The van der Waals surface area contributed by atoms with Gasteiger partial charge in [0.15, 0.2) is 11.5 Å². The van der Waals surface area contributed by atoms with Crippen LogP contribution in [0.3, 0.4) is 0 Å². The van der Waals surface area contributed by atoms with Gasteiger partial charge >= 0.3 is 6.18 Å². The molecule has 2 aliphatic rings. The highest BCUT2D eigenvalue weighted by Crippen LogP contribution is 2.39. The molecule has 0 saturated heterocycles. The summed E-state index contributed by atoms with van der Waals surface area (Å²) in [7, 11) is 1.43. The van der Waals surface area contributed by atoms with E-state index >= 15 is 0 Å². The molecular weight excluding hydrogens is 696 g/mol. The molecule has 4 rings (SSSR count). The molecule has 1 fully saturated rings. The van der Waals surface area contributed by atoms with Gasteiger partial charge in [0, 0.05) is 30.1 Å². The summed E-state index contributed by atoms with van der Waals surface area (Å²) in [4.78, 5) is 28.8. The van der Waals surface area contributed by atoms with E-state index in [0.29, 0.717) is 27.7 Å². The maximum atomic E-state index is 14.1. The molecule has 9 nitrogen and oxygen atoms in total. The van der Waals surface area contributed by atoms with Crippen molar-refractivity contribution in [3.63, 3.8) is 0 Å². The summed E-state index contributed by atoms with van der Waals surface area (Å²) in [6.45, 7) is -0.545. The fraction of sp³-hybridized carbons (Fsp3) is 0.484. The van der Waals surface area contributed by atoms with Gasteiger partial charge in [0.1, 0.15) is 12.2 Å². The summed E-state index contributed by atoms with van der Waals surface area (Å²) in [5.74, 6) is -0.503. The predicted octanol–water partition coefficient (Wildman–Crippen LogP) is 4.20. The Hall–Kier alpha value is -2.88. The highest BCUT2D eigenvalue weighted by Gasteiger charge is 2.44. The van der Waals surface area contributed by atoms with Crippen molar-refractivity contribution in [2.75, 3.05) is 20.3 Å². The van der Waals surface area contributed by atoms with Gasteiger partial charge in [0.05, 0.1) is 35.5 Å². The van der Waals surface area contributed by atoms with Crippen LogP contribution in [-0.4, -0.2) is 76.6 Å². The Morgan fingerprint density at radius 3 is 2.36 bits per heavy atom. The summed E-state index contributed by atoms with van der Waals surface area (Å²) in [5, 5.41) is 33.3. The number of carbonyl (C=O) groups excluding carboxylic acids is 2. The number of rotatable bonds is 10. The number of nitrogens with zero attached hydrogens (tertiary/aromatic N) is 1. The van der Waals surface area contributed by atoms with E-state index in [-0.39, 0.29) is 49.1 Å². The van der Waals surface area contributed by atoms with E-state index in [1.54, 1.807) is 12.1 Å². The molecule has 4 N–H and O–H groups in total. The van der Waals surface area contributed by atoms with Gasteiger partial charge < -0.3 is 35.0 Å². The maximum absolute atomic E-state index is 14.1. The van der Waals surface area contributed by atoms with Gasteiger partial charge in [0.2, 0.25) is 5.91 Å². The van der Waals surface area contributed by atoms with Gasteiger partial charge in [-0.05, 0) is 83.5 Å². The Labute approximate surface area is 267 Å². The van der Waals surface area contributed by atoms with Gasteiger partial charge in [-0.3, -0.25) is 9.59 Å². The molecule has 2 aliphatic carbocycles. The molecule has 0 aromatic heterocycles. The van der Waals surface area contributed by atoms with Crippen molar-refractivity contribution < 1.29 is 47.6 Å². The molecule has 0 unspecified atom stereocenters. The molecule has 2 aromatic rings. The number of carbonyl (C=O) groups is 2. The highest BCUT2D eigenvalue weighted by atomic mass is 127. The minimum atomic E-state index is -4.57. The molecule has 0 radical (unpaired) electrons. The van der Waals surface area contributed by atoms with Crippen molar-refractivity contribution in [2.45, 2.75) is 75.6 Å². The van der Waals surface area contributed by atoms with Gasteiger partial charge in [0.25, 0.3) is 5.91 Å². The summed E-state index contributed by atoms with van der Waals surface area (Å²) in [5.41, 5.74) is -0.0533. The average Bonchev–Trinajstić information content (AvgIpc) is 3.02. The summed E-state index contributed by atoms with van der Waals surface area (Å²) >= 11 is 2.01. The number of aliphatic hydroxyl groups is 3. The second kappa shape index (κ2) is 14.9. The number of halogens is 4. The monoisotopic (exact) mass is 732 g/mol. The number of hydrogen-bond acceptors (Lipinski definition) is 7. The molecule has 2 amide bonds. The number of ether oxygens (including phenoxy) is 2. The smallest absolute Gasteiger partial charge is 0.416 e. The van der Waals surface area contributed by atoms with Crippen molar-refractivity contribution in [1.29, 1.82) is 0 Å². The molecule has 44 heavy (non-hydrogen) atoms. The quantitative estimate of drug-likeness (QED) is 0.270. The lowest BCUT2D eigenvalue weighted by atomic mass is 9.84. The van der Waals surface area contributed by atoms with E-state index in [1.807, 2.05) is 22.6 Å². The Bertz CT molecular complexity index is 1350. The van der Waals surface area contributed by atoms with Crippen molar-refractivity contribution in [2.24, 2.45) is 0 Å². The van der Waals surface area contributed by atoms with Gasteiger partial charge in [-0.2, -0.15) is 13.2 Å². The van der Waals surface area contributed by atoms with E-state index < -0.39 is 41.8 Å². The minimum Gasteiger partial charge on any atom is -0.493 e. The zero-order chi connectivity index (χ0) is 32.0. The molecule has 240 valence electrons. The summed E-state index contributed by atoms with van der Waals surface area (Å²) in [6, 6.07) is 5.96. The third-order valence-corrected chi connectivity index (χ3v) is 8.76. The van der Waals surface area contributed by atoms with Crippen LogP contribution in [0.15, 0.2) is 48.0 Å². The number of hydrogen-bond donors (Lipinski definition) is 4. The fourth-order valence-electron chi connectivity index (χ4n) is 5.76. The largest absolute Gasteiger partial charge is 0.493 e. The molecule has 3 atom stereocenters. The number of aliphatic hydroxyl groups excluding tert-OH is 3. The third kappa shape index (κ3) is 7.85. The summed E-state index contributed by atoms with van der Waals surface area (Å²) in [6.07, 6.45) is -1.70. The minimum absolute atomic E-state index is 0.0138. The zero-order valence-electron chi connectivity index (χ0n) is 24.1. The lowest BCUT2D eigenvalue weighted by molar-refractivity contribution is -0.137. The topological polar surface area (TPSA) is 129 Å². The number of amides is 2. The van der Waals surface area contributed by atoms with E-state index in [0.717, 1.165) is 43.5 Å². The van der Waals surface area contributed by atoms with E-state index in [9.17, 15) is 38.1 Å². The molecule has 0 bridgehead atoms. The Balaban J connectivity index is 1.75. The van der Waals surface area contributed by atoms with Crippen molar-refractivity contribution in [3.8, 4) is 11.5 Å². The number of methoxy groups -OCH3 is 1. The van der Waals surface area contributed by atoms with Gasteiger partial charge in [-0.1, -0.05) is 19.3 Å². The second-order valence-electron chi connectivity index (χ2n) is 10.9. The molecule has 2 aromatic carbocycles.